The van der Waals surface area contributed by atoms with Crippen LogP contribution < -0.4 is 5.32 Å². The highest BCUT2D eigenvalue weighted by Crippen LogP contribution is 2.30. The normalized spacial score (nSPS) is 20.6. The van der Waals surface area contributed by atoms with Gasteiger partial charge in [-0.2, -0.15) is 13.2 Å². The fourth-order valence-corrected chi connectivity index (χ4v) is 4.43. The van der Waals surface area contributed by atoms with Gasteiger partial charge >= 0.3 is 12.2 Å². The second kappa shape index (κ2) is 9.25. The Morgan fingerprint density at radius 2 is 1.89 bits per heavy atom. The summed E-state index contributed by atoms with van der Waals surface area (Å²) in [5.41, 5.74) is 0.238. The lowest BCUT2D eigenvalue weighted by Gasteiger charge is -2.41. The van der Waals surface area contributed by atoms with Crippen molar-refractivity contribution in [2.45, 2.75) is 38.3 Å². The number of carbonyl (C=O) groups is 4. The molecule has 2 aliphatic rings. The van der Waals surface area contributed by atoms with E-state index < -0.39 is 54.6 Å². The van der Waals surface area contributed by atoms with Crippen LogP contribution in [0.5, 0.6) is 0 Å². The summed E-state index contributed by atoms with van der Waals surface area (Å²) >= 11 is 1.06. The number of amides is 4. The van der Waals surface area contributed by atoms with E-state index in [4.69, 9.17) is 0 Å². The number of fused-ring (bicyclic) bond motifs is 1. The van der Waals surface area contributed by atoms with Crippen LogP contribution in [0.25, 0.3) is 10.6 Å². The molecule has 3 atom stereocenters. The summed E-state index contributed by atoms with van der Waals surface area (Å²) in [4.78, 5) is 68.4. The van der Waals surface area contributed by atoms with Crippen LogP contribution in [-0.4, -0.2) is 91.5 Å². The van der Waals surface area contributed by atoms with Crippen LogP contribution in [0.4, 0.5) is 23.8 Å². The zero-order valence-electron chi connectivity index (χ0n) is 19.1. The van der Waals surface area contributed by atoms with E-state index in [1.54, 1.807) is 0 Å². The Hall–Kier alpha value is -3.95. The van der Waals surface area contributed by atoms with E-state index in [1.165, 1.54) is 42.4 Å². The molecule has 1 saturated heterocycles. The molecule has 0 spiro atoms. The summed E-state index contributed by atoms with van der Waals surface area (Å²) < 4.78 is 38.0. The average Bonchev–Trinajstić information content (AvgIpc) is 3.47. The first-order valence-corrected chi connectivity index (χ1v) is 11.3. The molecule has 190 valence electrons. The third kappa shape index (κ3) is 4.62. The van der Waals surface area contributed by atoms with Gasteiger partial charge in [-0.3, -0.25) is 19.3 Å². The zero-order chi connectivity index (χ0) is 26.4. The smallest absolute Gasteiger partial charge is 0.335 e. The Morgan fingerprint density at radius 1 is 1.22 bits per heavy atom. The van der Waals surface area contributed by atoms with Crippen LogP contribution in [0.1, 0.15) is 19.7 Å². The van der Waals surface area contributed by atoms with Crippen molar-refractivity contribution in [3.05, 3.63) is 23.6 Å². The van der Waals surface area contributed by atoms with Crippen molar-refractivity contribution in [1.82, 2.24) is 29.7 Å². The third-order valence-electron chi connectivity index (χ3n) is 5.52. The minimum Gasteiger partial charge on any atom is -0.335 e. The number of carbonyl (C=O) groups excluding carboxylic acids is 4. The van der Waals surface area contributed by atoms with Gasteiger partial charge in [0.25, 0.3) is 5.91 Å². The summed E-state index contributed by atoms with van der Waals surface area (Å²) in [6, 6.07) is -2.58. The van der Waals surface area contributed by atoms with Gasteiger partial charge in [0.05, 0.1) is 12.9 Å². The number of anilines is 1. The molecule has 0 radical (unpaired) electrons. The van der Waals surface area contributed by atoms with E-state index in [0.29, 0.717) is 0 Å². The van der Waals surface area contributed by atoms with Crippen molar-refractivity contribution < 1.29 is 32.3 Å². The van der Waals surface area contributed by atoms with Crippen molar-refractivity contribution in [3.63, 3.8) is 0 Å². The maximum atomic E-state index is 13.0. The van der Waals surface area contributed by atoms with Gasteiger partial charge in [-0.05, 0) is 13.8 Å². The lowest BCUT2D eigenvalue weighted by atomic mass is 10.1. The molecule has 12 nitrogen and oxygen atoms in total. The fourth-order valence-electron chi connectivity index (χ4n) is 3.70. The molecule has 2 aromatic heterocycles. The minimum absolute atomic E-state index is 0.139. The van der Waals surface area contributed by atoms with Gasteiger partial charge in [-0.25, -0.2) is 24.7 Å². The quantitative estimate of drug-likeness (QED) is 0.599. The Bertz CT molecular complexity index is 1250. The Morgan fingerprint density at radius 3 is 2.50 bits per heavy atom. The number of nitrogens with zero attached hydrogens (tertiary/aromatic N) is 7. The fraction of sp³-hybridized carbons (Fsp3) is 0.400. The molecule has 2 aliphatic heterocycles. The molecule has 4 heterocycles. The molecule has 2 aromatic rings. The monoisotopic (exact) mass is 524 g/mol. The van der Waals surface area contributed by atoms with Crippen molar-refractivity contribution >= 4 is 47.1 Å². The number of aromatic nitrogens is 3. The molecule has 0 bridgehead atoms. The molecule has 36 heavy (non-hydrogen) atoms. The number of imide groups is 1. The highest BCUT2D eigenvalue weighted by Gasteiger charge is 2.51. The summed E-state index contributed by atoms with van der Waals surface area (Å²) in [7, 11) is 1.45. The molecule has 2 unspecified atom stereocenters. The number of nitrogens with one attached hydrogen (secondary N) is 1. The maximum absolute atomic E-state index is 13.0. The summed E-state index contributed by atoms with van der Waals surface area (Å²) in [6.45, 7) is 2.39. The minimum atomic E-state index is -4.67. The SMILES string of the molecule is CC(=O)CN1C(=O)C2C(N=CN2[C@@H](C)C(=O)Nc2csc(-c3cnc(C(F)(F)F)nc3)n2)N(C)C1=O. The van der Waals surface area contributed by atoms with Gasteiger partial charge in [0, 0.05) is 30.4 Å². The van der Waals surface area contributed by atoms with E-state index in [2.05, 4.69) is 25.3 Å². The number of alkyl halides is 3. The largest absolute Gasteiger partial charge is 0.451 e. The topological polar surface area (TPSA) is 141 Å². The second-order valence-electron chi connectivity index (χ2n) is 8.09. The molecular formula is C20H19F3N8O4S. The number of ketones is 1. The summed E-state index contributed by atoms with van der Waals surface area (Å²) in [5.74, 6) is -2.71. The van der Waals surface area contributed by atoms with Crippen molar-refractivity contribution in [2.24, 2.45) is 4.99 Å². The predicted molar refractivity (Wildman–Crippen MR) is 120 cm³/mol. The number of thiazole rings is 1. The standard InChI is InChI=1S/C20H19F3N8O4S/c1-9(32)6-30-17(34)13-14(29(3)19(30)35)26-8-31(13)10(2)15(33)27-12-7-36-16(28-12)11-4-24-18(25-5-11)20(21,22)23/h4-5,7-8,10,13-14H,6H2,1-3H3,(H,27,33)/t10-,13?,14?/m0/s1. The Balaban J connectivity index is 1.46. The second-order valence-corrected chi connectivity index (χ2v) is 8.94. The molecule has 0 aromatic carbocycles. The zero-order valence-corrected chi connectivity index (χ0v) is 19.9. The predicted octanol–water partition coefficient (Wildman–Crippen LogP) is 1.47. The first kappa shape index (κ1) is 25.2. The molecule has 0 aliphatic carbocycles. The van der Waals surface area contributed by atoms with Crippen LogP contribution in [0.15, 0.2) is 22.8 Å². The van der Waals surface area contributed by atoms with E-state index in [1.807, 2.05) is 0 Å². The van der Waals surface area contributed by atoms with Gasteiger partial charge in [0.1, 0.15) is 22.7 Å². The number of likely N-dealkylation sites (N-methyl/N-ethyl adjacent to an activating group) is 1. The van der Waals surface area contributed by atoms with Gasteiger partial charge in [0.2, 0.25) is 11.7 Å². The number of Topliss-reactive ketones (excluding diaryl/α,β-unsaturated/α-hetero) is 1. The van der Waals surface area contributed by atoms with Gasteiger partial charge in [-0.15, -0.1) is 11.3 Å². The highest BCUT2D eigenvalue weighted by atomic mass is 32.1. The lowest BCUT2D eigenvalue weighted by molar-refractivity contribution is -0.145. The maximum Gasteiger partial charge on any atom is 0.451 e. The van der Waals surface area contributed by atoms with Crippen molar-refractivity contribution in [1.29, 1.82) is 0 Å². The van der Waals surface area contributed by atoms with Crippen LogP contribution in [0, 0.1) is 0 Å². The highest BCUT2D eigenvalue weighted by molar-refractivity contribution is 7.13. The van der Waals surface area contributed by atoms with Crippen molar-refractivity contribution in [3.8, 4) is 10.6 Å². The summed E-state index contributed by atoms with van der Waals surface area (Å²) in [6.07, 6.45) is -2.23. The first-order valence-electron chi connectivity index (χ1n) is 10.4. The van der Waals surface area contributed by atoms with Crippen LogP contribution >= 0.6 is 11.3 Å². The molecule has 4 amide bonds. The number of urea groups is 1. The number of rotatable bonds is 6. The summed E-state index contributed by atoms with van der Waals surface area (Å²) in [5, 5.41) is 4.38. The van der Waals surface area contributed by atoms with E-state index in [-0.39, 0.29) is 22.2 Å². The van der Waals surface area contributed by atoms with Crippen molar-refractivity contribution in [2.75, 3.05) is 18.9 Å². The average molecular weight is 524 g/mol. The number of halogens is 3. The van der Waals surface area contributed by atoms with Gasteiger partial charge < -0.3 is 15.1 Å². The van der Waals surface area contributed by atoms with Crippen LogP contribution in [0.2, 0.25) is 0 Å². The molecular weight excluding hydrogens is 505 g/mol. The Kier molecular flexibility index (Phi) is 6.46. The van der Waals surface area contributed by atoms with E-state index >= 15 is 0 Å². The number of aliphatic imine (C=N–C) groups is 1. The third-order valence-corrected chi connectivity index (χ3v) is 6.41. The van der Waals surface area contributed by atoms with Gasteiger partial charge in [0.15, 0.2) is 12.2 Å². The molecule has 1 N–H and O–H groups in total. The molecule has 16 heteroatoms. The van der Waals surface area contributed by atoms with Crippen LogP contribution in [0.3, 0.4) is 0 Å². The van der Waals surface area contributed by atoms with Gasteiger partial charge in [-0.1, -0.05) is 0 Å². The first-order chi connectivity index (χ1) is 16.9. The molecule has 4 rings (SSSR count). The number of hydrogen-bond acceptors (Lipinski definition) is 10. The Labute approximate surface area is 205 Å². The van der Waals surface area contributed by atoms with Crippen LogP contribution in [-0.2, 0) is 20.6 Å². The molecule has 1 fully saturated rings. The number of hydrogen-bond donors (Lipinski definition) is 1. The molecule has 0 saturated carbocycles. The van der Waals surface area contributed by atoms with E-state index in [9.17, 15) is 32.3 Å². The van der Waals surface area contributed by atoms with E-state index in [0.717, 1.165) is 28.6 Å². The lowest BCUT2D eigenvalue weighted by Crippen LogP contribution is -2.66.